The van der Waals surface area contributed by atoms with E-state index in [9.17, 15) is 4.79 Å². The van der Waals surface area contributed by atoms with Gasteiger partial charge in [0, 0.05) is 37.8 Å². The molecule has 3 rings (SSSR count). The van der Waals surface area contributed by atoms with E-state index >= 15 is 0 Å². The van der Waals surface area contributed by atoms with Gasteiger partial charge in [0.25, 0.3) is 0 Å². The van der Waals surface area contributed by atoms with E-state index in [0.29, 0.717) is 12.3 Å². The molecule has 1 aromatic carbocycles. The van der Waals surface area contributed by atoms with Gasteiger partial charge in [0.05, 0.1) is 13.2 Å². The molecular weight excluding hydrogens is 373 g/mol. The minimum Gasteiger partial charge on any atom is -0.379 e. The molecule has 1 aromatic rings. The third-order valence-electron chi connectivity index (χ3n) is 5.22. The molecular formula is C19H31Cl2N3O2. The molecule has 0 radical (unpaired) electrons. The Morgan fingerprint density at radius 3 is 2.46 bits per heavy atom. The van der Waals surface area contributed by atoms with Gasteiger partial charge in [-0.2, -0.15) is 0 Å². The Kier molecular flexibility index (Phi) is 10.5. The molecule has 0 bridgehead atoms. The molecule has 3 N–H and O–H groups in total. The highest BCUT2D eigenvalue weighted by atomic mass is 35.5. The maximum absolute atomic E-state index is 12.1. The number of nitrogens with zero attached hydrogens (tertiary/aromatic N) is 1. The average Bonchev–Trinajstić information content (AvgIpc) is 3.00. The fraction of sp³-hybridized carbons (Fsp3) is 0.632. The fourth-order valence-electron chi connectivity index (χ4n) is 3.64. The summed E-state index contributed by atoms with van der Waals surface area (Å²) in [7, 11) is 0. The van der Waals surface area contributed by atoms with Gasteiger partial charge in [0.2, 0.25) is 5.91 Å². The first-order chi connectivity index (χ1) is 11.7. The second-order valence-corrected chi connectivity index (χ2v) is 7.01. The first-order valence-electron chi connectivity index (χ1n) is 9.15. The summed E-state index contributed by atoms with van der Waals surface area (Å²) in [6, 6.07) is 8.41. The van der Waals surface area contributed by atoms with Gasteiger partial charge < -0.3 is 15.8 Å². The second-order valence-electron chi connectivity index (χ2n) is 7.01. The summed E-state index contributed by atoms with van der Waals surface area (Å²) in [5.74, 6) is 0.427. The number of hydrogen-bond donors (Lipinski definition) is 2. The highest BCUT2D eigenvalue weighted by molar-refractivity contribution is 5.90. The zero-order chi connectivity index (χ0) is 16.8. The number of halogens is 2. The number of anilines is 1. The van der Waals surface area contributed by atoms with Gasteiger partial charge in [-0.25, -0.2) is 0 Å². The topological polar surface area (TPSA) is 67.6 Å². The van der Waals surface area contributed by atoms with E-state index in [1.165, 1.54) is 5.56 Å². The summed E-state index contributed by atoms with van der Waals surface area (Å²) >= 11 is 0. The van der Waals surface area contributed by atoms with E-state index in [2.05, 4.69) is 22.3 Å². The number of hydrogen-bond acceptors (Lipinski definition) is 4. The molecule has 2 atom stereocenters. The standard InChI is InChI=1S/C19H29N3O2.2ClH/c20-18-3-1-2-16(18)14-19(23)21-17-6-4-15(5-7-17)8-9-22-10-12-24-13-11-22;;/h4-7,16,18H,1-3,8-14,20H2,(H,21,23);2*1H/t16-,18+;;/m0../s1. The van der Waals surface area contributed by atoms with Crippen LogP contribution in [0.2, 0.25) is 0 Å². The lowest BCUT2D eigenvalue weighted by atomic mass is 10.00. The van der Waals surface area contributed by atoms with E-state index in [1.807, 2.05) is 12.1 Å². The van der Waals surface area contributed by atoms with Crippen LogP contribution >= 0.6 is 24.8 Å². The largest absolute Gasteiger partial charge is 0.379 e. The van der Waals surface area contributed by atoms with Crippen LogP contribution in [-0.4, -0.2) is 49.7 Å². The molecule has 7 heteroatoms. The number of benzene rings is 1. The van der Waals surface area contributed by atoms with Gasteiger partial charge in [0.15, 0.2) is 0 Å². The maximum atomic E-state index is 12.1. The quantitative estimate of drug-likeness (QED) is 0.765. The van der Waals surface area contributed by atoms with Gasteiger partial charge in [-0.1, -0.05) is 18.6 Å². The molecule has 2 fully saturated rings. The molecule has 26 heavy (non-hydrogen) atoms. The summed E-state index contributed by atoms with van der Waals surface area (Å²) in [6.45, 7) is 4.80. The Morgan fingerprint density at radius 2 is 1.85 bits per heavy atom. The van der Waals surface area contributed by atoms with E-state index in [0.717, 1.165) is 64.2 Å². The van der Waals surface area contributed by atoms with Crippen LogP contribution in [-0.2, 0) is 16.0 Å². The Labute approximate surface area is 168 Å². The first kappa shape index (κ1) is 23.2. The summed E-state index contributed by atoms with van der Waals surface area (Å²) < 4.78 is 5.37. The number of amides is 1. The van der Waals surface area contributed by atoms with Crippen molar-refractivity contribution in [2.24, 2.45) is 11.7 Å². The molecule has 1 aliphatic heterocycles. The number of carbonyl (C=O) groups excluding carboxylic acids is 1. The number of nitrogens with one attached hydrogen (secondary N) is 1. The van der Waals surface area contributed by atoms with Crippen molar-refractivity contribution in [3.05, 3.63) is 29.8 Å². The summed E-state index contributed by atoms with van der Waals surface area (Å²) in [5.41, 5.74) is 8.22. The maximum Gasteiger partial charge on any atom is 0.224 e. The molecule has 0 aromatic heterocycles. The van der Waals surface area contributed by atoms with Crippen LogP contribution in [0.25, 0.3) is 0 Å². The Morgan fingerprint density at radius 1 is 1.15 bits per heavy atom. The highest BCUT2D eigenvalue weighted by Gasteiger charge is 2.25. The molecule has 5 nitrogen and oxygen atoms in total. The van der Waals surface area contributed by atoms with E-state index < -0.39 is 0 Å². The molecule has 2 aliphatic rings. The van der Waals surface area contributed by atoms with Crippen molar-refractivity contribution in [2.75, 3.05) is 38.2 Å². The summed E-state index contributed by atoms with van der Waals surface area (Å²) in [6.07, 6.45) is 4.85. The van der Waals surface area contributed by atoms with Gasteiger partial charge in [-0.15, -0.1) is 24.8 Å². The molecule has 1 saturated heterocycles. The van der Waals surface area contributed by atoms with Crippen LogP contribution in [0.5, 0.6) is 0 Å². The van der Waals surface area contributed by atoms with Crippen LogP contribution in [0.15, 0.2) is 24.3 Å². The number of nitrogens with two attached hydrogens (primary N) is 1. The lowest BCUT2D eigenvalue weighted by Gasteiger charge is -2.26. The van der Waals surface area contributed by atoms with Gasteiger partial charge in [-0.3, -0.25) is 9.69 Å². The van der Waals surface area contributed by atoms with Crippen molar-refractivity contribution in [3.8, 4) is 0 Å². The monoisotopic (exact) mass is 403 g/mol. The molecule has 1 saturated carbocycles. The molecule has 148 valence electrons. The number of ether oxygens (including phenoxy) is 1. The van der Waals surface area contributed by atoms with Crippen LogP contribution in [0, 0.1) is 5.92 Å². The Hall–Kier alpha value is -0.850. The Bertz CT molecular complexity index is 536. The first-order valence-corrected chi connectivity index (χ1v) is 9.15. The van der Waals surface area contributed by atoms with E-state index in [1.54, 1.807) is 0 Å². The predicted molar refractivity (Wildman–Crippen MR) is 110 cm³/mol. The highest BCUT2D eigenvalue weighted by Crippen LogP contribution is 2.27. The molecule has 0 spiro atoms. The van der Waals surface area contributed by atoms with Crippen molar-refractivity contribution in [1.29, 1.82) is 0 Å². The SMILES string of the molecule is Cl.Cl.N[C@@H]1CCC[C@H]1CC(=O)Nc1ccc(CCN2CCOCC2)cc1. The number of carbonyl (C=O) groups is 1. The lowest BCUT2D eigenvalue weighted by Crippen LogP contribution is -2.37. The number of rotatable bonds is 6. The minimum atomic E-state index is 0. The predicted octanol–water partition coefficient (Wildman–Crippen LogP) is 2.86. The van der Waals surface area contributed by atoms with Crippen LogP contribution in [0.3, 0.4) is 0 Å². The van der Waals surface area contributed by atoms with Crippen molar-refractivity contribution < 1.29 is 9.53 Å². The van der Waals surface area contributed by atoms with Crippen molar-refractivity contribution in [3.63, 3.8) is 0 Å². The fourth-order valence-corrected chi connectivity index (χ4v) is 3.64. The van der Waals surface area contributed by atoms with Gasteiger partial charge in [0.1, 0.15) is 0 Å². The third kappa shape index (κ3) is 7.05. The van der Waals surface area contributed by atoms with Crippen molar-refractivity contribution in [2.45, 2.75) is 38.1 Å². The van der Waals surface area contributed by atoms with Gasteiger partial charge >= 0.3 is 0 Å². The number of morpholine rings is 1. The van der Waals surface area contributed by atoms with Crippen molar-refractivity contribution >= 4 is 36.4 Å². The molecule has 0 unspecified atom stereocenters. The zero-order valence-corrected chi connectivity index (χ0v) is 16.8. The summed E-state index contributed by atoms with van der Waals surface area (Å²) in [4.78, 5) is 14.6. The van der Waals surface area contributed by atoms with Crippen LogP contribution in [0.1, 0.15) is 31.2 Å². The lowest BCUT2D eigenvalue weighted by molar-refractivity contribution is -0.117. The van der Waals surface area contributed by atoms with Crippen LogP contribution < -0.4 is 11.1 Å². The third-order valence-corrected chi connectivity index (χ3v) is 5.22. The minimum absolute atomic E-state index is 0. The molecule has 1 amide bonds. The van der Waals surface area contributed by atoms with E-state index in [-0.39, 0.29) is 36.8 Å². The second kappa shape index (κ2) is 11.8. The zero-order valence-electron chi connectivity index (χ0n) is 15.2. The van der Waals surface area contributed by atoms with Crippen LogP contribution in [0.4, 0.5) is 5.69 Å². The average molecular weight is 404 g/mol. The Balaban J connectivity index is 0.00000169. The summed E-state index contributed by atoms with van der Waals surface area (Å²) in [5, 5.41) is 3.00. The normalized spacial score (nSPS) is 23.0. The smallest absolute Gasteiger partial charge is 0.224 e. The van der Waals surface area contributed by atoms with Gasteiger partial charge in [-0.05, 0) is 42.9 Å². The molecule has 1 aliphatic carbocycles. The molecule has 1 heterocycles. The van der Waals surface area contributed by atoms with E-state index in [4.69, 9.17) is 10.5 Å². The van der Waals surface area contributed by atoms with Crippen molar-refractivity contribution in [1.82, 2.24) is 4.90 Å².